The maximum atomic E-state index is 11.6. The molecule has 5 rings (SSSR count). The minimum atomic E-state index is 0.110. The van der Waals surface area contributed by atoms with Crippen LogP contribution in [0.25, 0.3) is 11.0 Å². The van der Waals surface area contributed by atoms with Crippen LogP contribution >= 0.6 is 0 Å². The zero-order valence-electron chi connectivity index (χ0n) is 18.0. The van der Waals surface area contributed by atoms with E-state index in [1.54, 1.807) is 19.3 Å². The smallest absolute Gasteiger partial charge is 0.225 e. The molecule has 0 spiro atoms. The summed E-state index contributed by atoms with van der Waals surface area (Å²) in [5.41, 5.74) is 5.28. The van der Waals surface area contributed by atoms with Crippen LogP contribution in [0.5, 0.6) is 0 Å². The van der Waals surface area contributed by atoms with Crippen molar-refractivity contribution in [3.8, 4) is 0 Å². The highest BCUT2D eigenvalue weighted by molar-refractivity contribution is 5.74. The molecule has 31 heavy (non-hydrogen) atoms. The second-order valence-electron chi connectivity index (χ2n) is 8.34. The fourth-order valence-electron chi connectivity index (χ4n) is 4.49. The molecule has 4 heterocycles. The number of piperazine rings is 1. The Bertz CT molecular complexity index is 1110. The Morgan fingerprint density at radius 1 is 1.00 bits per heavy atom. The molecule has 0 radical (unpaired) electrons. The first-order valence-corrected chi connectivity index (χ1v) is 10.9. The molecule has 160 valence electrons. The lowest BCUT2D eigenvalue weighted by Crippen LogP contribution is -2.48. The van der Waals surface area contributed by atoms with Crippen LogP contribution in [-0.4, -0.2) is 68.4 Å². The van der Waals surface area contributed by atoms with Crippen molar-refractivity contribution in [2.45, 2.75) is 32.9 Å². The van der Waals surface area contributed by atoms with Gasteiger partial charge in [-0.3, -0.25) is 19.7 Å². The first kappa shape index (κ1) is 19.8. The Kier molecular flexibility index (Phi) is 5.23. The average molecular weight is 418 g/mol. The number of amides is 1. The van der Waals surface area contributed by atoms with Crippen molar-refractivity contribution in [3.05, 3.63) is 53.6 Å². The number of hydrogen-bond acceptors (Lipinski definition) is 7. The number of benzene rings is 1. The number of anilines is 1. The summed E-state index contributed by atoms with van der Waals surface area (Å²) in [5, 5.41) is 0. The van der Waals surface area contributed by atoms with Crippen LogP contribution in [-0.2, 0) is 17.8 Å². The summed E-state index contributed by atoms with van der Waals surface area (Å²) >= 11 is 0. The summed E-state index contributed by atoms with van der Waals surface area (Å²) in [7, 11) is 0. The number of fused-ring (bicyclic) bond motifs is 2. The van der Waals surface area contributed by atoms with E-state index in [9.17, 15) is 4.79 Å². The van der Waals surface area contributed by atoms with Crippen LogP contribution in [0.4, 0.5) is 5.95 Å². The number of carbonyl (C=O) groups excluding carboxylic acids is 1. The molecular weight excluding hydrogens is 390 g/mol. The third-order valence-corrected chi connectivity index (χ3v) is 6.49. The Balaban J connectivity index is 1.24. The number of aromatic nitrogens is 4. The van der Waals surface area contributed by atoms with Gasteiger partial charge in [0, 0.05) is 82.8 Å². The number of hydrogen-bond donors (Lipinski definition) is 0. The topological polar surface area (TPSA) is 78.4 Å². The van der Waals surface area contributed by atoms with E-state index in [2.05, 4.69) is 49.9 Å². The van der Waals surface area contributed by atoms with Gasteiger partial charge in [-0.25, -0.2) is 9.97 Å². The monoisotopic (exact) mass is 417 g/mol. The van der Waals surface area contributed by atoms with Crippen molar-refractivity contribution >= 4 is 22.9 Å². The van der Waals surface area contributed by atoms with Crippen molar-refractivity contribution in [3.63, 3.8) is 0 Å². The molecule has 1 saturated heterocycles. The van der Waals surface area contributed by atoms with E-state index >= 15 is 0 Å². The lowest BCUT2D eigenvalue weighted by molar-refractivity contribution is -0.129. The van der Waals surface area contributed by atoms with Gasteiger partial charge in [-0.1, -0.05) is 6.07 Å². The molecule has 8 nitrogen and oxygen atoms in total. The van der Waals surface area contributed by atoms with Gasteiger partial charge in [0.2, 0.25) is 11.9 Å². The fraction of sp³-hybridized carbons (Fsp3) is 0.435. The molecule has 0 aliphatic carbocycles. The standard InChI is InChI=1S/C23H27N7O/c1-16(18-3-4-21-22(13-18)25-7-6-24-21)28-9-11-29(12-10-28)23-26-14-19-15-30(17(2)31)8-5-20(19)27-23/h3-4,6-7,13-14,16H,5,8-12,15H2,1-2H3. The minimum Gasteiger partial charge on any atom is -0.338 e. The highest BCUT2D eigenvalue weighted by atomic mass is 16.2. The van der Waals surface area contributed by atoms with Crippen LogP contribution in [0.3, 0.4) is 0 Å². The summed E-state index contributed by atoms with van der Waals surface area (Å²) in [6.45, 7) is 8.94. The summed E-state index contributed by atoms with van der Waals surface area (Å²) in [4.78, 5) is 36.5. The van der Waals surface area contributed by atoms with Crippen molar-refractivity contribution in [2.24, 2.45) is 0 Å². The summed E-state index contributed by atoms with van der Waals surface area (Å²) in [6, 6.07) is 6.68. The molecule has 0 N–H and O–H groups in total. The van der Waals surface area contributed by atoms with Crippen LogP contribution < -0.4 is 4.90 Å². The molecule has 1 unspecified atom stereocenters. The Morgan fingerprint density at radius 3 is 2.55 bits per heavy atom. The average Bonchev–Trinajstić information content (AvgIpc) is 2.82. The van der Waals surface area contributed by atoms with Gasteiger partial charge in [0.15, 0.2) is 0 Å². The zero-order valence-corrected chi connectivity index (χ0v) is 18.0. The van der Waals surface area contributed by atoms with Gasteiger partial charge in [0.05, 0.1) is 16.7 Å². The van der Waals surface area contributed by atoms with Gasteiger partial charge in [-0.2, -0.15) is 0 Å². The third kappa shape index (κ3) is 3.95. The fourth-order valence-corrected chi connectivity index (χ4v) is 4.49. The van der Waals surface area contributed by atoms with Gasteiger partial charge in [-0.05, 0) is 24.6 Å². The van der Waals surface area contributed by atoms with Gasteiger partial charge in [-0.15, -0.1) is 0 Å². The lowest BCUT2D eigenvalue weighted by atomic mass is 10.0. The summed E-state index contributed by atoms with van der Waals surface area (Å²) in [5.74, 6) is 0.918. The quantitative estimate of drug-likeness (QED) is 0.646. The minimum absolute atomic E-state index is 0.110. The summed E-state index contributed by atoms with van der Waals surface area (Å²) in [6.07, 6.45) is 6.17. The second-order valence-corrected chi connectivity index (χ2v) is 8.34. The normalized spacial score (nSPS) is 18.1. The molecule has 3 aromatic rings. The molecule has 0 saturated carbocycles. The van der Waals surface area contributed by atoms with Crippen LogP contribution in [0, 0.1) is 0 Å². The predicted octanol–water partition coefficient (Wildman–Crippen LogP) is 2.21. The Morgan fingerprint density at radius 2 is 1.77 bits per heavy atom. The zero-order chi connectivity index (χ0) is 21.4. The highest BCUT2D eigenvalue weighted by Crippen LogP contribution is 2.25. The molecule has 0 bridgehead atoms. The lowest BCUT2D eigenvalue weighted by Gasteiger charge is -2.38. The molecule has 2 aliphatic rings. The van der Waals surface area contributed by atoms with E-state index in [1.807, 2.05) is 11.1 Å². The molecule has 1 fully saturated rings. The maximum absolute atomic E-state index is 11.6. The SMILES string of the molecule is CC(=O)N1CCc2nc(N3CCN(C(C)c4ccc5nccnc5c4)CC3)ncc2C1. The maximum Gasteiger partial charge on any atom is 0.225 e. The molecule has 1 amide bonds. The summed E-state index contributed by atoms with van der Waals surface area (Å²) < 4.78 is 0. The van der Waals surface area contributed by atoms with Crippen LogP contribution in [0.1, 0.15) is 36.7 Å². The van der Waals surface area contributed by atoms with E-state index in [-0.39, 0.29) is 5.91 Å². The van der Waals surface area contributed by atoms with Gasteiger partial charge < -0.3 is 9.80 Å². The highest BCUT2D eigenvalue weighted by Gasteiger charge is 2.25. The van der Waals surface area contributed by atoms with E-state index < -0.39 is 0 Å². The number of carbonyl (C=O) groups is 1. The first-order chi connectivity index (χ1) is 15.1. The Hall–Kier alpha value is -3.13. The van der Waals surface area contributed by atoms with Crippen molar-refractivity contribution in [2.75, 3.05) is 37.6 Å². The van der Waals surface area contributed by atoms with Crippen molar-refractivity contribution < 1.29 is 4.79 Å². The molecule has 2 aliphatic heterocycles. The van der Waals surface area contributed by atoms with E-state index in [1.165, 1.54) is 5.56 Å². The van der Waals surface area contributed by atoms with E-state index in [4.69, 9.17) is 4.98 Å². The second kappa shape index (κ2) is 8.19. The largest absolute Gasteiger partial charge is 0.338 e. The van der Waals surface area contributed by atoms with Crippen LogP contribution in [0.15, 0.2) is 36.8 Å². The van der Waals surface area contributed by atoms with E-state index in [0.717, 1.165) is 67.4 Å². The molecule has 8 heteroatoms. The Labute approximate surface area is 181 Å². The van der Waals surface area contributed by atoms with Crippen molar-refractivity contribution in [1.82, 2.24) is 29.7 Å². The van der Waals surface area contributed by atoms with Gasteiger partial charge >= 0.3 is 0 Å². The molecule has 2 aromatic heterocycles. The van der Waals surface area contributed by atoms with Crippen molar-refractivity contribution in [1.29, 1.82) is 0 Å². The van der Waals surface area contributed by atoms with Gasteiger partial charge in [0.1, 0.15) is 0 Å². The number of nitrogens with zero attached hydrogens (tertiary/aromatic N) is 7. The molecule has 1 atom stereocenters. The molecule has 1 aromatic carbocycles. The van der Waals surface area contributed by atoms with Gasteiger partial charge in [0.25, 0.3) is 0 Å². The van der Waals surface area contributed by atoms with Crippen LogP contribution in [0.2, 0.25) is 0 Å². The first-order valence-electron chi connectivity index (χ1n) is 10.9. The predicted molar refractivity (Wildman–Crippen MR) is 119 cm³/mol. The third-order valence-electron chi connectivity index (χ3n) is 6.49. The number of rotatable bonds is 3. The van der Waals surface area contributed by atoms with E-state index in [0.29, 0.717) is 12.6 Å². The molecular formula is C23H27N7O.